The Hall–Kier alpha value is -1.40. The van der Waals surface area contributed by atoms with E-state index < -0.39 is 12.1 Å². The van der Waals surface area contributed by atoms with Crippen molar-refractivity contribution in [1.82, 2.24) is 5.32 Å². The molecule has 0 aliphatic rings. The summed E-state index contributed by atoms with van der Waals surface area (Å²) >= 11 is 0. The van der Waals surface area contributed by atoms with Crippen molar-refractivity contribution in [3.63, 3.8) is 0 Å². The highest BCUT2D eigenvalue weighted by molar-refractivity contribution is 5.76. The molecule has 0 aromatic carbocycles. The molecule has 0 aromatic rings. The normalized spacial score (nSPS) is 12.7. The molecule has 2 unspecified atom stereocenters. The highest BCUT2D eigenvalue weighted by atomic mass is 16.5. The van der Waals surface area contributed by atoms with Crippen LogP contribution in [-0.4, -0.2) is 47.4 Å². The summed E-state index contributed by atoms with van der Waals surface area (Å²) in [4.78, 5) is 24.5. The third kappa shape index (κ3) is 47.9. The Morgan fingerprint density at radius 1 is 0.443 bits per heavy atom. The van der Waals surface area contributed by atoms with Gasteiger partial charge in [-0.25, -0.2) is 0 Å². The number of carbonyl (C=O) groups excluding carboxylic acids is 2. The summed E-state index contributed by atoms with van der Waals surface area (Å²) in [7, 11) is 0. The molecule has 362 valence electrons. The molecule has 3 N–H and O–H groups in total. The highest BCUT2D eigenvalue weighted by Crippen LogP contribution is 2.17. The number of esters is 1. The average Bonchev–Trinajstić information content (AvgIpc) is 3.26. The first-order chi connectivity index (χ1) is 30.0. The zero-order chi connectivity index (χ0) is 44.4. The van der Waals surface area contributed by atoms with E-state index >= 15 is 0 Å². The van der Waals surface area contributed by atoms with Gasteiger partial charge in [-0.1, -0.05) is 270 Å². The first-order valence-electron chi connectivity index (χ1n) is 27.5. The maximum atomic E-state index is 12.4. The Morgan fingerprint density at radius 2 is 0.754 bits per heavy atom. The molecular weight excluding hydrogens is 755 g/mol. The molecular formula is C55H107NO5. The van der Waals surface area contributed by atoms with Gasteiger partial charge in [0.15, 0.2) is 0 Å². The monoisotopic (exact) mass is 862 g/mol. The number of aliphatic hydroxyl groups is 2. The van der Waals surface area contributed by atoms with E-state index in [1.807, 2.05) is 6.08 Å². The fourth-order valence-electron chi connectivity index (χ4n) is 8.58. The topological polar surface area (TPSA) is 95.9 Å². The van der Waals surface area contributed by atoms with Crippen molar-refractivity contribution in [2.45, 2.75) is 315 Å². The van der Waals surface area contributed by atoms with Gasteiger partial charge in [-0.2, -0.15) is 0 Å². The molecule has 6 nitrogen and oxygen atoms in total. The van der Waals surface area contributed by atoms with Crippen LogP contribution in [0.1, 0.15) is 303 Å². The minimum atomic E-state index is -0.846. The van der Waals surface area contributed by atoms with E-state index in [1.165, 1.54) is 238 Å². The number of carbonyl (C=O) groups is 2. The molecule has 0 aliphatic carbocycles. The standard InChI is InChI=1S/C55H107NO5/c1-3-5-7-9-11-13-15-17-21-25-29-33-37-41-45-49-55(60)61-50-46-42-38-34-30-26-23-20-18-19-22-24-28-32-36-40-44-48-54(59)56-52(51-57)53(58)47-43-39-35-31-27-16-14-12-10-8-6-4-2/h43,47,52-53,57-58H,3-42,44-46,48-51H2,1-2H3,(H,56,59)/b47-43+. The fraction of sp³-hybridized carbons (Fsp3) is 0.927. The van der Waals surface area contributed by atoms with E-state index in [4.69, 9.17) is 4.74 Å². The van der Waals surface area contributed by atoms with Crippen LogP contribution in [0, 0.1) is 0 Å². The second kappa shape index (κ2) is 51.2. The number of nitrogens with one attached hydrogen (secondary N) is 1. The lowest BCUT2D eigenvalue weighted by atomic mass is 10.0. The Bertz CT molecular complexity index is 909. The van der Waals surface area contributed by atoms with E-state index in [9.17, 15) is 19.8 Å². The van der Waals surface area contributed by atoms with Gasteiger partial charge >= 0.3 is 5.97 Å². The van der Waals surface area contributed by atoms with Gasteiger partial charge in [0.1, 0.15) is 0 Å². The number of rotatable bonds is 51. The van der Waals surface area contributed by atoms with Crippen LogP contribution in [0.5, 0.6) is 0 Å². The lowest BCUT2D eigenvalue weighted by molar-refractivity contribution is -0.143. The molecule has 0 aliphatic heterocycles. The van der Waals surface area contributed by atoms with Crippen LogP contribution in [0.25, 0.3) is 0 Å². The maximum Gasteiger partial charge on any atom is 0.305 e. The molecule has 0 saturated carbocycles. The molecule has 0 saturated heterocycles. The van der Waals surface area contributed by atoms with Crippen LogP contribution in [-0.2, 0) is 14.3 Å². The van der Waals surface area contributed by atoms with Crippen molar-refractivity contribution in [3.05, 3.63) is 12.2 Å². The molecule has 0 fully saturated rings. The second-order valence-corrected chi connectivity index (χ2v) is 18.9. The number of hydrogen-bond donors (Lipinski definition) is 3. The van der Waals surface area contributed by atoms with Crippen LogP contribution in [0.3, 0.4) is 0 Å². The SMILES string of the molecule is CCCCCCCCCCCC/C=C/C(O)C(CO)NC(=O)CCCCCCCCCCCCCCCCCCCOC(=O)CCCCCCCCCCCCCCCCC. The van der Waals surface area contributed by atoms with Gasteiger partial charge in [-0.3, -0.25) is 9.59 Å². The predicted octanol–water partition coefficient (Wildman–Crippen LogP) is 16.5. The average molecular weight is 862 g/mol. The molecule has 0 radical (unpaired) electrons. The van der Waals surface area contributed by atoms with Crippen molar-refractivity contribution >= 4 is 11.9 Å². The number of amides is 1. The molecule has 1 amide bonds. The van der Waals surface area contributed by atoms with Gasteiger partial charge in [0.05, 0.1) is 25.4 Å². The zero-order valence-electron chi connectivity index (χ0n) is 41.2. The molecule has 0 spiro atoms. The van der Waals surface area contributed by atoms with Crippen LogP contribution < -0.4 is 5.32 Å². The highest BCUT2D eigenvalue weighted by Gasteiger charge is 2.18. The predicted molar refractivity (Wildman–Crippen MR) is 264 cm³/mol. The van der Waals surface area contributed by atoms with E-state index in [-0.39, 0.29) is 18.5 Å². The van der Waals surface area contributed by atoms with Crippen LogP contribution in [0.15, 0.2) is 12.2 Å². The van der Waals surface area contributed by atoms with Crippen molar-refractivity contribution < 1.29 is 24.5 Å². The molecule has 0 heterocycles. The first-order valence-corrected chi connectivity index (χ1v) is 27.5. The quantitative estimate of drug-likeness (QED) is 0.0322. The largest absolute Gasteiger partial charge is 0.466 e. The molecule has 0 aromatic heterocycles. The number of hydrogen-bond acceptors (Lipinski definition) is 5. The molecule has 0 rings (SSSR count). The van der Waals surface area contributed by atoms with Crippen molar-refractivity contribution in [1.29, 1.82) is 0 Å². The third-order valence-electron chi connectivity index (χ3n) is 12.8. The summed E-state index contributed by atoms with van der Waals surface area (Å²) < 4.78 is 5.48. The second-order valence-electron chi connectivity index (χ2n) is 18.9. The summed E-state index contributed by atoms with van der Waals surface area (Å²) in [6, 6.07) is -0.629. The van der Waals surface area contributed by atoms with E-state index in [2.05, 4.69) is 19.2 Å². The minimum absolute atomic E-state index is 0.00747. The molecule has 0 bridgehead atoms. The maximum absolute atomic E-state index is 12.4. The van der Waals surface area contributed by atoms with E-state index in [0.717, 1.165) is 38.5 Å². The molecule has 61 heavy (non-hydrogen) atoms. The Labute approximate surface area is 380 Å². The lowest BCUT2D eigenvalue weighted by Gasteiger charge is -2.20. The number of unbranched alkanes of at least 4 members (excludes halogenated alkanes) is 40. The van der Waals surface area contributed by atoms with Gasteiger partial charge in [0, 0.05) is 12.8 Å². The summed E-state index contributed by atoms with van der Waals surface area (Å²) in [6.45, 7) is 4.90. The van der Waals surface area contributed by atoms with Crippen molar-refractivity contribution in [2.75, 3.05) is 13.2 Å². The van der Waals surface area contributed by atoms with Gasteiger partial charge in [0.25, 0.3) is 0 Å². The van der Waals surface area contributed by atoms with Crippen molar-refractivity contribution in [2.24, 2.45) is 0 Å². The van der Waals surface area contributed by atoms with Crippen LogP contribution >= 0.6 is 0 Å². The van der Waals surface area contributed by atoms with E-state index in [1.54, 1.807) is 6.08 Å². The van der Waals surface area contributed by atoms with Gasteiger partial charge in [-0.15, -0.1) is 0 Å². The minimum Gasteiger partial charge on any atom is -0.466 e. The summed E-state index contributed by atoms with van der Waals surface area (Å²) in [5, 5.41) is 23.0. The number of ether oxygens (including phenoxy) is 1. The first kappa shape index (κ1) is 59.6. The Kier molecular flexibility index (Phi) is 50.1. The molecule has 2 atom stereocenters. The zero-order valence-corrected chi connectivity index (χ0v) is 41.2. The fourth-order valence-corrected chi connectivity index (χ4v) is 8.58. The third-order valence-corrected chi connectivity index (χ3v) is 12.8. The summed E-state index contributed by atoms with van der Waals surface area (Å²) in [5.41, 5.74) is 0. The number of allylic oxidation sites excluding steroid dienone is 1. The smallest absolute Gasteiger partial charge is 0.305 e. The summed E-state index contributed by atoms with van der Waals surface area (Å²) in [5.74, 6) is -0.0655. The summed E-state index contributed by atoms with van der Waals surface area (Å²) in [6.07, 6.45) is 59.4. The Morgan fingerprint density at radius 3 is 1.11 bits per heavy atom. The van der Waals surface area contributed by atoms with Crippen LogP contribution in [0.4, 0.5) is 0 Å². The van der Waals surface area contributed by atoms with Crippen molar-refractivity contribution in [3.8, 4) is 0 Å². The lowest BCUT2D eigenvalue weighted by Crippen LogP contribution is -2.45. The van der Waals surface area contributed by atoms with E-state index in [0.29, 0.717) is 19.4 Å². The van der Waals surface area contributed by atoms with Gasteiger partial charge < -0.3 is 20.3 Å². The van der Waals surface area contributed by atoms with Gasteiger partial charge in [0.2, 0.25) is 5.91 Å². The Balaban J connectivity index is 3.41. The van der Waals surface area contributed by atoms with Crippen LogP contribution in [0.2, 0.25) is 0 Å². The van der Waals surface area contributed by atoms with Gasteiger partial charge in [-0.05, 0) is 32.1 Å². The number of aliphatic hydroxyl groups excluding tert-OH is 2. The molecule has 6 heteroatoms.